The Morgan fingerprint density at radius 1 is 1.00 bits per heavy atom. The highest BCUT2D eigenvalue weighted by Gasteiger charge is 2.20. The summed E-state index contributed by atoms with van der Waals surface area (Å²) in [5, 5.41) is 0.000679. The number of sulfone groups is 2. The second-order valence-electron chi connectivity index (χ2n) is 5.78. The van der Waals surface area contributed by atoms with Crippen molar-refractivity contribution in [1.82, 2.24) is 0 Å². The zero-order valence-electron chi connectivity index (χ0n) is 13.8. The molecule has 5 nitrogen and oxygen atoms in total. The molecule has 2 rings (SSSR count). The molecule has 25 heavy (non-hydrogen) atoms. The first-order valence-electron chi connectivity index (χ1n) is 7.09. The topological polar surface area (TPSA) is 71.5 Å². The third-order valence-electron chi connectivity index (χ3n) is 3.57. The zero-order valence-corrected chi connectivity index (χ0v) is 16.2. The molecule has 0 radical (unpaired) electrons. The van der Waals surface area contributed by atoms with E-state index in [-0.39, 0.29) is 21.4 Å². The van der Waals surface area contributed by atoms with Gasteiger partial charge in [0.1, 0.15) is 5.82 Å². The van der Waals surface area contributed by atoms with Gasteiger partial charge in [0.2, 0.25) is 0 Å². The third kappa shape index (κ3) is 4.71. The molecular formula is C16H17ClFNO4S2. The second-order valence-corrected chi connectivity index (χ2v) is 10.2. The first kappa shape index (κ1) is 19.7. The summed E-state index contributed by atoms with van der Waals surface area (Å²) in [6.45, 7) is 0.217. The van der Waals surface area contributed by atoms with Gasteiger partial charge in [0.15, 0.2) is 19.7 Å². The standard InChI is InChI=1S/C16H17ClFNO4S2/c1-19(10-11-4-6-13(17)14(18)8-11)15-7-5-12(24(2,20)21)9-16(15)25(3,22)23/h4-9H,10H2,1-3H3. The lowest BCUT2D eigenvalue weighted by Crippen LogP contribution is -2.19. The lowest BCUT2D eigenvalue weighted by atomic mass is 10.2. The van der Waals surface area contributed by atoms with Crippen molar-refractivity contribution in [1.29, 1.82) is 0 Å². The van der Waals surface area contributed by atoms with Gasteiger partial charge in [-0.2, -0.15) is 0 Å². The summed E-state index contributed by atoms with van der Waals surface area (Å²) in [5.74, 6) is -0.566. The molecular weight excluding hydrogens is 389 g/mol. The van der Waals surface area contributed by atoms with Crippen LogP contribution in [0, 0.1) is 5.82 Å². The number of anilines is 1. The van der Waals surface area contributed by atoms with Gasteiger partial charge in [-0.1, -0.05) is 17.7 Å². The highest BCUT2D eigenvalue weighted by molar-refractivity contribution is 7.91. The van der Waals surface area contributed by atoms with E-state index in [0.29, 0.717) is 11.3 Å². The molecule has 0 saturated heterocycles. The van der Waals surface area contributed by atoms with Crippen molar-refractivity contribution in [2.75, 3.05) is 24.5 Å². The summed E-state index contributed by atoms with van der Waals surface area (Å²) in [6, 6.07) is 8.23. The van der Waals surface area contributed by atoms with Gasteiger partial charge >= 0.3 is 0 Å². The van der Waals surface area contributed by atoms with Crippen molar-refractivity contribution in [3.63, 3.8) is 0 Å². The Kier molecular flexibility index (Phi) is 5.46. The van der Waals surface area contributed by atoms with Gasteiger partial charge in [-0.25, -0.2) is 21.2 Å². The van der Waals surface area contributed by atoms with E-state index in [4.69, 9.17) is 11.6 Å². The highest BCUT2D eigenvalue weighted by Crippen LogP contribution is 2.29. The lowest BCUT2D eigenvalue weighted by Gasteiger charge is -2.22. The average Bonchev–Trinajstić information content (AvgIpc) is 2.48. The summed E-state index contributed by atoms with van der Waals surface area (Å²) in [7, 11) is -5.58. The maximum Gasteiger partial charge on any atom is 0.177 e. The van der Waals surface area contributed by atoms with Crippen molar-refractivity contribution >= 4 is 37.0 Å². The number of hydrogen-bond acceptors (Lipinski definition) is 5. The lowest BCUT2D eigenvalue weighted by molar-refractivity contribution is 0.599. The van der Waals surface area contributed by atoms with Crippen LogP contribution in [0.25, 0.3) is 0 Å². The van der Waals surface area contributed by atoms with Crippen LogP contribution in [-0.2, 0) is 26.2 Å². The van der Waals surface area contributed by atoms with Crippen molar-refractivity contribution in [3.8, 4) is 0 Å². The van der Waals surface area contributed by atoms with E-state index in [1.165, 1.54) is 24.3 Å². The number of rotatable bonds is 5. The van der Waals surface area contributed by atoms with E-state index >= 15 is 0 Å². The summed E-state index contributed by atoms with van der Waals surface area (Å²) in [6.07, 6.45) is 2.02. The van der Waals surface area contributed by atoms with E-state index in [9.17, 15) is 21.2 Å². The number of halogens is 2. The Labute approximate surface area is 151 Å². The molecule has 0 N–H and O–H groups in total. The molecule has 0 aromatic heterocycles. The van der Waals surface area contributed by atoms with Gasteiger partial charge in [0.25, 0.3) is 0 Å². The fourth-order valence-electron chi connectivity index (χ4n) is 2.33. The van der Waals surface area contributed by atoms with Gasteiger partial charge in [-0.05, 0) is 35.9 Å². The molecule has 136 valence electrons. The monoisotopic (exact) mass is 405 g/mol. The average molecular weight is 406 g/mol. The van der Waals surface area contributed by atoms with E-state index in [1.54, 1.807) is 18.0 Å². The van der Waals surface area contributed by atoms with E-state index < -0.39 is 25.5 Å². The number of benzene rings is 2. The summed E-state index contributed by atoms with van der Waals surface area (Å²) in [4.78, 5) is 1.42. The van der Waals surface area contributed by atoms with Gasteiger partial charge in [-0.15, -0.1) is 0 Å². The van der Waals surface area contributed by atoms with Crippen LogP contribution < -0.4 is 4.90 Å². The first-order valence-corrected chi connectivity index (χ1v) is 11.2. The van der Waals surface area contributed by atoms with E-state index in [0.717, 1.165) is 18.6 Å². The third-order valence-corrected chi connectivity index (χ3v) is 6.12. The molecule has 0 unspecified atom stereocenters. The van der Waals surface area contributed by atoms with Crippen molar-refractivity contribution in [2.24, 2.45) is 0 Å². The van der Waals surface area contributed by atoms with Crippen LogP contribution in [0.15, 0.2) is 46.2 Å². The van der Waals surface area contributed by atoms with Crippen LogP contribution in [0.3, 0.4) is 0 Å². The van der Waals surface area contributed by atoms with Gasteiger partial charge < -0.3 is 4.90 Å². The Balaban J connectivity index is 2.48. The minimum Gasteiger partial charge on any atom is -0.369 e. The molecule has 0 bridgehead atoms. The molecule has 2 aromatic carbocycles. The SMILES string of the molecule is CN(Cc1ccc(Cl)c(F)c1)c1ccc(S(C)(=O)=O)cc1S(C)(=O)=O. The maximum absolute atomic E-state index is 13.6. The Morgan fingerprint density at radius 2 is 1.64 bits per heavy atom. The van der Waals surface area contributed by atoms with Crippen LogP contribution in [-0.4, -0.2) is 36.4 Å². The minimum atomic E-state index is -3.67. The number of nitrogens with zero attached hydrogens (tertiary/aromatic N) is 1. The quantitative estimate of drug-likeness (QED) is 0.764. The molecule has 9 heteroatoms. The van der Waals surface area contributed by atoms with Crippen LogP contribution in [0.4, 0.5) is 10.1 Å². The van der Waals surface area contributed by atoms with Crippen LogP contribution in [0.5, 0.6) is 0 Å². The van der Waals surface area contributed by atoms with Gasteiger partial charge in [0.05, 0.1) is 20.5 Å². The van der Waals surface area contributed by atoms with Gasteiger partial charge in [-0.3, -0.25) is 0 Å². The van der Waals surface area contributed by atoms with Crippen LogP contribution >= 0.6 is 11.6 Å². The van der Waals surface area contributed by atoms with Crippen LogP contribution in [0.1, 0.15) is 5.56 Å². The summed E-state index contributed by atoms with van der Waals surface area (Å²) < 4.78 is 61.1. The molecule has 0 amide bonds. The summed E-state index contributed by atoms with van der Waals surface area (Å²) >= 11 is 5.65. The molecule has 0 atom stereocenters. The molecule has 0 heterocycles. The largest absolute Gasteiger partial charge is 0.369 e. The van der Waals surface area contributed by atoms with Crippen molar-refractivity contribution in [2.45, 2.75) is 16.3 Å². The molecule has 0 aliphatic carbocycles. The molecule has 0 fully saturated rings. The highest BCUT2D eigenvalue weighted by atomic mass is 35.5. The molecule has 0 saturated carbocycles. The van der Waals surface area contributed by atoms with Crippen LogP contribution in [0.2, 0.25) is 5.02 Å². The maximum atomic E-state index is 13.6. The Morgan fingerprint density at radius 3 is 2.16 bits per heavy atom. The van der Waals surface area contributed by atoms with E-state index in [1.807, 2.05) is 0 Å². The molecule has 2 aromatic rings. The fraction of sp³-hybridized carbons (Fsp3) is 0.250. The smallest absolute Gasteiger partial charge is 0.177 e. The summed E-state index contributed by atoms with van der Waals surface area (Å²) in [5.41, 5.74) is 0.918. The first-order chi connectivity index (χ1) is 11.4. The Hall–Kier alpha value is -1.64. The predicted octanol–water partition coefficient (Wildman–Crippen LogP) is 2.92. The molecule has 0 aliphatic rings. The van der Waals surface area contributed by atoms with Crippen molar-refractivity contribution in [3.05, 3.63) is 52.8 Å². The second kappa shape index (κ2) is 6.93. The predicted molar refractivity (Wildman–Crippen MR) is 96.2 cm³/mol. The molecule has 0 aliphatic heterocycles. The Bertz CT molecular complexity index is 1020. The minimum absolute atomic E-state index is 0.000679. The fourth-order valence-corrected chi connectivity index (χ4v) is 4.12. The zero-order chi connectivity index (χ0) is 19.0. The number of hydrogen-bond donors (Lipinski definition) is 0. The van der Waals surface area contributed by atoms with Crippen molar-refractivity contribution < 1.29 is 21.2 Å². The molecule has 0 spiro atoms. The van der Waals surface area contributed by atoms with Gasteiger partial charge in [0, 0.05) is 26.1 Å². The normalized spacial score (nSPS) is 12.2. The van der Waals surface area contributed by atoms with E-state index in [2.05, 4.69) is 0 Å².